The standard InChI is InChI=1S/C17H26N4O2/c1-18-17(19-8-5-9-23-11-10-22-2)20-13-15-12-14-6-3-4-7-16(14)21-15/h3-4,6-7,12,21H,5,8-11,13H2,1-2H3,(H2,18,19,20). The van der Waals surface area contributed by atoms with Crippen molar-refractivity contribution in [3.8, 4) is 0 Å². The van der Waals surface area contributed by atoms with Crippen molar-refractivity contribution < 1.29 is 9.47 Å². The molecule has 0 fully saturated rings. The van der Waals surface area contributed by atoms with Gasteiger partial charge in [0.25, 0.3) is 0 Å². The van der Waals surface area contributed by atoms with Crippen molar-refractivity contribution in [2.45, 2.75) is 13.0 Å². The quantitative estimate of drug-likeness (QED) is 0.375. The highest BCUT2D eigenvalue weighted by molar-refractivity contribution is 5.81. The van der Waals surface area contributed by atoms with Crippen LogP contribution in [0.15, 0.2) is 35.3 Å². The molecule has 23 heavy (non-hydrogen) atoms. The summed E-state index contributed by atoms with van der Waals surface area (Å²) >= 11 is 0. The molecule has 3 N–H and O–H groups in total. The van der Waals surface area contributed by atoms with E-state index in [-0.39, 0.29) is 0 Å². The second-order valence-electron chi connectivity index (χ2n) is 5.19. The zero-order chi connectivity index (χ0) is 16.3. The molecule has 0 aliphatic carbocycles. The second kappa shape index (κ2) is 9.86. The molecular formula is C17H26N4O2. The maximum absolute atomic E-state index is 5.42. The smallest absolute Gasteiger partial charge is 0.191 e. The number of aromatic amines is 1. The molecule has 0 spiro atoms. The number of benzene rings is 1. The summed E-state index contributed by atoms with van der Waals surface area (Å²) in [5.74, 6) is 0.792. The molecule has 0 amide bonds. The molecular weight excluding hydrogens is 292 g/mol. The molecule has 1 heterocycles. The van der Waals surface area contributed by atoms with Crippen LogP contribution in [0.5, 0.6) is 0 Å². The van der Waals surface area contributed by atoms with E-state index in [0.717, 1.165) is 36.7 Å². The van der Waals surface area contributed by atoms with Crippen molar-refractivity contribution in [2.24, 2.45) is 4.99 Å². The van der Waals surface area contributed by atoms with Gasteiger partial charge in [-0.05, 0) is 23.9 Å². The van der Waals surface area contributed by atoms with Crippen molar-refractivity contribution in [1.29, 1.82) is 0 Å². The summed E-state index contributed by atoms with van der Waals surface area (Å²) in [6, 6.07) is 10.4. The van der Waals surface area contributed by atoms with E-state index < -0.39 is 0 Å². The number of hydrogen-bond acceptors (Lipinski definition) is 3. The molecule has 0 bridgehead atoms. The Hall–Kier alpha value is -2.05. The van der Waals surface area contributed by atoms with Crippen molar-refractivity contribution in [3.63, 3.8) is 0 Å². The van der Waals surface area contributed by atoms with Crippen LogP contribution in [-0.2, 0) is 16.0 Å². The normalized spacial score (nSPS) is 11.8. The van der Waals surface area contributed by atoms with Crippen LogP contribution in [0.1, 0.15) is 12.1 Å². The number of nitrogens with one attached hydrogen (secondary N) is 3. The van der Waals surface area contributed by atoms with Gasteiger partial charge in [-0.1, -0.05) is 18.2 Å². The molecule has 6 heteroatoms. The van der Waals surface area contributed by atoms with Crippen LogP contribution in [0, 0.1) is 0 Å². The zero-order valence-electron chi connectivity index (χ0n) is 13.9. The van der Waals surface area contributed by atoms with Crippen molar-refractivity contribution >= 4 is 16.9 Å². The van der Waals surface area contributed by atoms with Crippen LogP contribution in [0.3, 0.4) is 0 Å². The summed E-state index contributed by atoms with van der Waals surface area (Å²) in [5, 5.41) is 7.81. The van der Waals surface area contributed by atoms with Crippen molar-refractivity contribution in [1.82, 2.24) is 15.6 Å². The molecule has 6 nitrogen and oxygen atoms in total. The average molecular weight is 318 g/mol. The Morgan fingerprint density at radius 3 is 2.83 bits per heavy atom. The highest BCUT2D eigenvalue weighted by Gasteiger charge is 2.01. The fourth-order valence-corrected chi connectivity index (χ4v) is 2.25. The summed E-state index contributed by atoms with van der Waals surface area (Å²) < 4.78 is 10.3. The summed E-state index contributed by atoms with van der Waals surface area (Å²) in [7, 11) is 3.45. The molecule has 0 saturated carbocycles. The molecule has 2 aromatic rings. The molecule has 126 valence electrons. The Bertz CT molecular complexity index is 576. The minimum atomic E-state index is 0.640. The fraction of sp³-hybridized carbons (Fsp3) is 0.471. The summed E-state index contributed by atoms with van der Waals surface area (Å²) in [4.78, 5) is 7.62. The number of aromatic nitrogens is 1. The molecule has 1 aromatic carbocycles. The largest absolute Gasteiger partial charge is 0.382 e. The topological polar surface area (TPSA) is 70.7 Å². The van der Waals surface area contributed by atoms with Crippen molar-refractivity contribution in [2.75, 3.05) is 40.5 Å². The number of aliphatic imine (C=N–C) groups is 1. The molecule has 0 aliphatic rings. The van der Waals surface area contributed by atoms with E-state index in [0.29, 0.717) is 19.8 Å². The fourth-order valence-electron chi connectivity index (χ4n) is 2.25. The number of fused-ring (bicyclic) bond motifs is 1. The lowest BCUT2D eigenvalue weighted by molar-refractivity contribution is 0.0698. The van der Waals surface area contributed by atoms with E-state index in [9.17, 15) is 0 Å². The maximum Gasteiger partial charge on any atom is 0.191 e. The minimum Gasteiger partial charge on any atom is -0.382 e. The van der Waals surface area contributed by atoms with Gasteiger partial charge in [0.15, 0.2) is 5.96 Å². The van der Waals surface area contributed by atoms with Gasteiger partial charge in [0.1, 0.15) is 0 Å². The van der Waals surface area contributed by atoms with Gasteiger partial charge in [0.05, 0.1) is 19.8 Å². The minimum absolute atomic E-state index is 0.640. The number of ether oxygens (including phenoxy) is 2. The summed E-state index contributed by atoms with van der Waals surface area (Å²) in [6.07, 6.45) is 0.927. The van der Waals surface area contributed by atoms with E-state index >= 15 is 0 Å². The molecule has 2 rings (SSSR count). The Morgan fingerprint density at radius 1 is 1.17 bits per heavy atom. The maximum atomic E-state index is 5.42. The first-order valence-electron chi connectivity index (χ1n) is 7.91. The SMILES string of the molecule is CN=C(NCCCOCCOC)NCc1cc2ccccc2[nH]1. The molecule has 0 unspecified atom stereocenters. The predicted molar refractivity (Wildman–Crippen MR) is 93.8 cm³/mol. The Balaban J connectivity index is 1.66. The van der Waals surface area contributed by atoms with E-state index in [1.807, 2.05) is 12.1 Å². The number of nitrogens with zero attached hydrogens (tertiary/aromatic N) is 1. The summed E-state index contributed by atoms with van der Waals surface area (Å²) in [5.41, 5.74) is 2.29. The molecule has 0 saturated heterocycles. The van der Waals surface area contributed by atoms with E-state index in [1.54, 1.807) is 14.2 Å². The number of H-pyrrole nitrogens is 1. The third-order valence-electron chi connectivity index (χ3n) is 3.45. The van der Waals surface area contributed by atoms with Crippen LogP contribution >= 0.6 is 0 Å². The van der Waals surface area contributed by atoms with Gasteiger partial charge >= 0.3 is 0 Å². The second-order valence-corrected chi connectivity index (χ2v) is 5.19. The first kappa shape index (κ1) is 17.3. The average Bonchev–Trinajstić information content (AvgIpc) is 2.99. The van der Waals surface area contributed by atoms with E-state index in [2.05, 4.69) is 38.8 Å². The Morgan fingerprint density at radius 2 is 2.04 bits per heavy atom. The number of guanidine groups is 1. The lowest BCUT2D eigenvalue weighted by Gasteiger charge is -2.11. The van der Waals surface area contributed by atoms with Gasteiger partial charge in [-0.2, -0.15) is 0 Å². The number of methoxy groups -OCH3 is 1. The lowest BCUT2D eigenvalue weighted by Crippen LogP contribution is -2.37. The van der Waals surface area contributed by atoms with Crippen LogP contribution < -0.4 is 10.6 Å². The van der Waals surface area contributed by atoms with Crippen LogP contribution in [-0.4, -0.2) is 51.5 Å². The van der Waals surface area contributed by atoms with Crippen molar-refractivity contribution in [3.05, 3.63) is 36.0 Å². The zero-order valence-corrected chi connectivity index (χ0v) is 13.9. The third-order valence-corrected chi connectivity index (χ3v) is 3.45. The van der Waals surface area contributed by atoms with Gasteiger partial charge in [0, 0.05) is 38.5 Å². The lowest BCUT2D eigenvalue weighted by atomic mass is 10.2. The van der Waals surface area contributed by atoms with Gasteiger partial charge in [-0.15, -0.1) is 0 Å². The molecule has 0 atom stereocenters. The van der Waals surface area contributed by atoms with Gasteiger partial charge in [-0.3, -0.25) is 4.99 Å². The predicted octanol–water partition coefficient (Wildman–Crippen LogP) is 1.89. The highest BCUT2D eigenvalue weighted by Crippen LogP contribution is 2.14. The molecule has 0 aliphatic heterocycles. The van der Waals surface area contributed by atoms with Crippen LogP contribution in [0.4, 0.5) is 0 Å². The van der Waals surface area contributed by atoms with E-state index in [1.165, 1.54) is 5.39 Å². The third kappa shape index (κ3) is 5.92. The molecule has 1 aromatic heterocycles. The van der Waals surface area contributed by atoms with Crippen LogP contribution in [0.2, 0.25) is 0 Å². The number of hydrogen-bond donors (Lipinski definition) is 3. The monoisotopic (exact) mass is 318 g/mol. The van der Waals surface area contributed by atoms with Gasteiger partial charge in [0.2, 0.25) is 0 Å². The highest BCUT2D eigenvalue weighted by atomic mass is 16.5. The summed E-state index contributed by atoms with van der Waals surface area (Å²) in [6.45, 7) is 3.53. The van der Waals surface area contributed by atoms with Gasteiger partial charge < -0.3 is 25.1 Å². The number of rotatable bonds is 9. The van der Waals surface area contributed by atoms with Crippen LogP contribution in [0.25, 0.3) is 10.9 Å². The van der Waals surface area contributed by atoms with Gasteiger partial charge in [-0.25, -0.2) is 0 Å². The number of para-hydroxylation sites is 1. The first-order valence-corrected chi connectivity index (χ1v) is 7.91. The Kier molecular flexibility index (Phi) is 7.42. The first-order chi connectivity index (χ1) is 11.3. The molecule has 0 radical (unpaired) electrons. The van der Waals surface area contributed by atoms with E-state index in [4.69, 9.17) is 9.47 Å². The Labute approximate surface area is 137 Å².